The van der Waals surface area contributed by atoms with Crippen LogP contribution >= 0.6 is 0 Å². The third-order valence-electron chi connectivity index (χ3n) is 6.99. The van der Waals surface area contributed by atoms with Crippen LogP contribution in [0.25, 0.3) is 11.0 Å². The molecule has 0 unspecified atom stereocenters. The number of amides is 3. The van der Waals surface area contributed by atoms with Crippen LogP contribution in [0.5, 0.6) is 5.75 Å². The van der Waals surface area contributed by atoms with Crippen LogP contribution in [0.3, 0.4) is 0 Å². The number of nitrogens with one attached hydrogen (secondary N) is 3. The maximum Gasteiger partial charge on any atom is 0.407 e. The van der Waals surface area contributed by atoms with Gasteiger partial charge in [0.25, 0.3) is 11.8 Å². The third-order valence-corrected chi connectivity index (χ3v) is 6.99. The number of hydrogen-bond acceptors (Lipinski definition) is 7. The van der Waals surface area contributed by atoms with Crippen LogP contribution in [-0.4, -0.2) is 53.3 Å². The fourth-order valence-corrected chi connectivity index (χ4v) is 4.61. The van der Waals surface area contributed by atoms with Gasteiger partial charge in [0.05, 0.1) is 19.2 Å². The van der Waals surface area contributed by atoms with Crippen LogP contribution in [-0.2, 0) is 23.1 Å². The highest BCUT2D eigenvalue weighted by atomic mass is 16.6. The van der Waals surface area contributed by atoms with E-state index in [1.165, 1.54) is 7.11 Å². The van der Waals surface area contributed by atoms with Gasteiger partial charge in [-0.2, -0.15) is 0 Å². The number of anilines is 2. The Bertz CT molecular complexity index is 1670. The molecular formula is C34H41N5O6. The molecule has 0 bridgehead atoms. The van der Waals surface area contributed by atoms with Crippen LogP contribution in [0.2, 0.25) is 0 Å². The number of nitrogens with zero attached hydrogens (tertiary/aromatic N) is 2. The lowest BCUT2D eigenvalue weighted by Gasteiger charge is -2.19. The molecule has 1 aromatic heterocycles. The maximum atomic E-state index is 13.3. The number of carbonyl (C=O) groups excluding carboxylic acids is 3. The average Bonchev–Trinajstić information content (AvgIpc) is 3.29. The number of carbonyl (C=O) groups is 3. The molecule has 4 aromatic rings. The first kappa shape index (κ1) is 33.0. The van der Waals surface area contributed by atoms with Crippen LogP contribution in [0.1, 0.15) is 65.7 Å². The second kappa shape index (κ2) is 14.7. The molecule has 0 aliphatic heterocycles. The molecule has 0 saturated carbocycles. The van der Waals surface area contributed by atoms with Crippen molar-refractivity contribution in [1.29, 1.82) is 0 Å². The Labute approximate surface area is 263 Å². The van der Waals surface area contributed by atoms with Gasteiger partial charge in [0.2, 0.25) is 0 Å². The number of aromatic nitrogens is 2. The molecule has 1 heterocycles. The van der Waals surface area contributed by atoms with E-state index in [2.05, 4.69) is 20.9 Å². The molecule has 0 saturated heterocycles. The Morgan fingerprint density at radius 2 is 1.62 bits per heavy atom. The van der Waals surface area contributed by atoms with Gasteiger partial charge in [0.1, 0.15) is 28.4 Å². The van der Waals surface area contributed by atoms with Gasteiger partial charge >= 0.3 is 6.09 Å². The molecule has 4 rings (SSSR count). The third kappa shape index (κ3) is 8.82. The van der Waals surface area contributed by atoms with Gasteiger partial charge in [-0.25, -0.2) is 9.78 Å². The summed E-state index contributed by atoms with van der Waals surface area (Å²) in [5, 5.41) is 8.60. The molecule has 0 fully saturated rings. The highest BCUT2D eigenvalue weighted by Gasteiger charge is 2.19. The summed E-state index contributed by atoms with van der Waals surface area (Å²) >= 11 is 0. The number of hydrogen-bond donors (Lipinski definition) is 3. The second-order valence-electron chi connectivity index (χ2n) is 11.6. The first-order chi connectivity index (χ1) is 21.5. The van der Waals surface area contributed by atoms with Crippen LogP contribution in [0.15, 0.2) is 60.7 Å². The van der Waals surface area contributed by atoms with E-state index >= 15 is 0 Å². The van der Waals surface area contributed by atoms with Crippen molar-refractivity contribution in [2.45, 2.75) is 52.7 Å². The van der Waals surface area contributed by atoms with E-state index in [4.69, 9.17) is 14.2 Å². The second-order valence-corrected chi connectivity index (χ2v) is 11.6. The number of alkyl carbamates (subject to hydrolysis) is 1. The molecule has 0 atom stereocenters. The van der Waals surface area contributed by atoms with Gasteiger partial charge in [-0.15, -0.1) is 0 Å². The lowest BCUT2D eigenvalue weighted by molar-refractivity contribution is 0.0523. The van der Waals surface area contributed by atoms with Gasteiger partial charge in [-0.1, -0.05) is 24.3 Å². The van der Waals surface area contributed by atoms with Crippen molar-refractivity contribution in [2.75, 3.05) is 30.9 Å². The van der Waals surface area contributed by atoms with Crippen molar-refractivity contribution in [3.05, 3.63) is 83.2 Å². The highest BCUT2D eigenvalue weighted by molar-refractivity contribution is 6.11. The van der Waals surface area contributed by atoms with Crippen LogP contribution in [0.4, 0.5) is 16.2 Å². The quantitative estimate of drug-likeness (QED) is 0.161. The molecule has 238 valence electrons. The molecule has 45 heavy (non-hydrogen) atoms. The number of unbranched alkanes of at least 4 members (excludes halogenated alkanes) is 1. The van der Waals surface area contributed by atoms with E-state index in [1.807, 2.05) is 63.6 Å². The number of imidazole rings is 1. The SMILES string of the molecule is COc1ccc2c(nc(C)n2C)c1NC(=O)c1cccc(C(=O)Nc2ccccc2COCCCCNC(=O)OC(C)(C)C)c1. The van der Waals surface area contributed by atoms with Crippen molar-refractivity contribution in [3.8, 4) is 5.75 Å². The monoisotopic (exact) mass is 615 g/mol. The molecule has 11 nitrogen and oxygen atoms in total. The number of methoxy groups -OCH3 is 1. The summed E-state index contributed by atoms with van der Waals surface area (Å²) in [6.07, 6.45) is 1.06. The molecular weight excluding hydrogens is 574 g/mol. The number of aryl methyl sites for hydroxylation is 2. The van der Waals surface area contributed by atoms with E-state index in [0.29, 0.717) is 53.5 Å². The van der Waals surface area contributed by atoms with Crippen LogP contribution in [0, 0.1) is 6.92 Å². The number of para-hydroxylation sites is 1. The summed E-state index contributed by atoms with van der Waals surface area (Å²) in [7, 11) is 3.44. The Hall–Kier alpha value is -4.90. The molecule has 3 N–H and O–H groups in total. The lowest BCUT2D eigenvalue weighted by atomic mass is 10.1. The number of ether oxygens (including phenoxy) is 3. The summed E-state index contributed by atoms with van der Waals surface area (Å²) in [4.78, 5) is 42.9. The summed E-state index contributed by atoms with van der Waals surface area (Å²) in [6.45, 7) is 8.64. The smallest absolute Gasteiger partial charge is 0.407 e. The minimum absolute atomic E-state index is 0.304. The Kier molecular flexibility index (Phi) is 10.8. The molecule has 0 aliphatic carbocycles. The van der Waals surface area contributed by atoms with E-state index in [9.17, 15) is 14.4 Å². The van der Waals surface area contributed by atoms with E-state index < -0.39 is 17.6 Å². The van der Waals surface area contributed by atoms with E-state index in [1.54, 1.807) is 36.4 Å². The maximum absolute atomic E-state index is 13.3. The number of fused-ring (bicyclic) bond motifs is 1. The standard InChI is InChI=1S/C34H41N5O6/c1-22-36-29-27(39(22)5)16-17-28(43-6)30(29)38-32(41)24-14-11-13-23(20-24)31(40)37-26-15-8-7-12-25(26)21-44-19-10-9-18-35-33(42)45-34(2,3)4/h7-8,11-17,20H,9-10,18-19,21H2,1-6H3,(H,35,42)(H,37,40)(H,38,41). The van der Waals surface area contributed by atoms with Crippen molar-refractivity contribution in [2.24, 2.45) is 7.05 Å². The largest absolute Gasteiger partial charge is 0.494 e. The van der Waals surface area contributed by atoms with Crippen molar-refractivity contribution >= 4 is 40.3 Å². The molecule has 0 radical (unpaired) electrons. The van der Waals surface area contributed by atoms with E-state index in [0.717, 1.165) is 29.7 Å². The average molecular weight is 616 g/mol. The Morgan fingerprint density at radius 1 is 0.911 bits per heavy atom. The lowest BCUT2D eigenvalue weighted by Crippen LogP contribution is -2.33. The summed E-state index contributed by atoms with van der Waals surface area (Å²) < 4.78 is 18.5. The molecule has 11 heteroatoms. The van der Waals surface area contributed by atoms with Crippen LogP contribution < -0.4 is 20.7 Å². The van der Waals surface area contributed by atoms with E-state index in [-0.39, 0.29) is 5.91 Å². The minimum Gasteiger partial charge on any atom is -0.494 e. The zero-order valence-electron chi connectivity index (χ0n) is 26.7. The minimum atomic E-state index is -0.530. The zero-order valence-corrected chi connectivity index (χ0v) is 26.7. The summed E-state index contributed by atoms with van der Waals surface area (Å²) in [5.74, 6) is 0.532. The first-order valence-electron chi connectivity index (χ1n) is 14.8. The van der Waals surface area contributed by atoms with Gasteiger partial charge in [-0.05, 0) is 76.9 Å². The van der Waals surface area contributed by atoms with Gasteiger partial charge in [0, 0.05) is 42.6 Å². The summed E-state index contributed by atoms with van der Waals surface area (Å²) in [5.41, 5.74) is 3.48. The van der Waals surface area contributed by atoms with Crippen molar-refractivity contribution in [3.63, 3.8) is 0 Å². The number of rotatable bonds is 12. The fourth-order valence-electron chi connectivity index (χ4n) is 4.61. The first-order valence-corrected chi connectivity index (χ1v) is 14.8. The molecule has 0 spiro atoms. The number of benzene rings is 3. The van der Waals surface area contributed by atoms with Crippen molar-refractivity contribution < 1.29 is 28.6 Å². The van der Waals surface area contributed by atoms with Gasteiger partial charge in [-0.3, -0.25) is 9.59 Å². The highest BCUT2D eigenvalue weighted by Crippen LogP contribution is 2.33. The predicted octanol–water partition coefficient (Wildman–Crippen LogP) is 6.22. The Balaban J connectivity index is 1.34. The topological polar surface area (TPSA) is 133 Å². The predicted molar refractivity (Wildman–Crippen MR) is 174 cm³/mol. The van der Waals surface area contributed by atoms with Crippen molar-refractivity contribution in [1.82, 2.24) is 14.9 Å². The fraction of sp³-hybridized carbons (Fsp3) is 0.353. The normalized spacial score (nSPS) is 11.2. The zero-order chi connectivity index (χ0) is 32.6. The Morgan fingerprint density at radius 3 is 2.33 bits per heavy atom. The molecule has 3 amide bonds. The molecule has 0 aliphatic rings. The molecule has 3 aromatic carbocycles. The van der Waals surface area contributed by atoms with Gasteiger partial charge in [0.15, 0.2) is 0 Å². The summed E-state index contributed by atoms with van der Waals surface area (Å²) in [6, 6.07) is 17.6. The van der Waals surface area contributed by atoms with Gasteiger partial charge < -0.3 is 34.7 Å².